The van der Waals surface area contributed by atoms with Crippen molar-refractivity contribution in [2.45, 2.75) is 24.7 Å². The maximum Gasteiger partial charge on any atom is 0.242 e. The second-order valence-corrected chi connectivity index (χ2v) is 9.36. The van der Waals surface area contributed by atoms with Crippen molar-refractivity contribution in [2.75, 3.05) is 32.6 Å². The van der Waals surface area contributed by atoms with Gasteiger partial charge in [-0.1, -0.05) is 25.4 Å². The van der Waals surface area contributed by atoms with E-state index in [-0.39, 0.29) is 17.4 Å². The molecule has 0 aliphatic heterocycles. The smallest absolute Gasteiger partial charge is 0.242 e. The van der Waals surface area contributed by atoms with Crippen LogP contribution in [0.25, 0.3) is 5.65 Å². The van der Waals surface area contributed by atoms with Crippen LogP contribution in [0.2, 0.25) is 5.15 Å². The lowest BCUT2D eigenvalue weighted by Crippen LogP contribution is -2.30. The monoisotopic (exact) mass is 437 g/mol. The van der Waals surface area contributed by atoms with Crippen molar-refractivity contribution in [1.29, 1.82) is 0 Å². The minimum absolute atomic E-state index is 0.209. The number of anilines is 2. The van der Waals surface area contributed by atoms with Gasteiger partial charge in [-0.2, -0.15) is 13.9 Å². The molecule has 29 heavy (non-hydrogen) atoms. The summed E-state index contributed by atoms with van der Waals surface area (Å²) in [5.74, 6) is 0.894. The number of fused-ring (bicyclic) bond motifs is 1. The fraction of sp³-hybridized carbons (Fsp3) is 0.368. The van der Waals surface area contributed by atoms with Crippen LogP contribution < -0.4 is 5.32 Å². The second kappa shape index (κ2) is 8.66. The van der Waals surface area contributed by atoms with E-state index in [4.69, 9.17) is 16.3 Å². The standard InChI is InChI=1S/C19H24ClN5O3S/c1-13(2)16-12-21-25-18(11-17(20)23-19(16)25)22-14-5-7-15(8-6-14)29(26,27)24(3)9-10-28-4/h5-8,11-13,22H,9-10H2,1-4H3. The summed E-state index contributed by atoms with van der Waals surface area (Å²) in [6, 6.07) is 8.19. The Hall–Kier alpha value is -2.20. The average molecular weight is 438 g/mol. The molecule has 1 aromatic carbocycles. The molecule has 8 nitrogen and oxygen atoms in total. The Bertz CT molecular complexity index is 1100. The summed E-state index contributed by atoms with van der Waals surface area (Å²) >= 11 is 6.20. The van der Waals surface area contributed by atoms with Gasteiger partial charge in [0.05, 0.1) is 17.7 Å². The van der Waals surface area contributed by atoms with Crippen molar-refractivity contribution in [3.05, 3.63) is 47.2 Å². The molecule has 0 saturated heterocycles. The maximum absolute atomic E-state index is 12.6. The third-order valence-electron chi connectivity index (χ3n) is 4.54. The van der Waals surface area contributed by atoms with Crippen LogP contribution in [-0.2, 0) is 14.8 Å². The van der Waals surface area contributed by atoms with Crippen molar-refractivity contribution < 1.29 is 13.2 Å². The van der Waals surface area contributed by atoms with E-state index < -0.39 is 10.0 Å². The lowest BCUT2D eigenvalue weighted by molar-refractivity contribution is 0.185. The Kier molecular flexibility index (Phi) is 6.42. The van der Waals surface area contributed by atoms with E-state index >= 15 is 0 Å². The molecule has 2 heterocycles. The molecule has 3 rings (SSSR count). The van der Waals surface area contributed by atoms with E-state index in [1.807, 2.05) is 0 Å². The minimum atomic E-state index is -3.57. The molecule has 0 atom stereocenters. The first-order valence-corrected chi connectivity index (χ1v) is 10.9. The molecule has 0 amide bonds. The lowest BCUT2D eigenvalue weighted by atomic mass is 10.1. The maximum atomic E-state index is 12.6. The normalized spacial score (nSPS) is 12.2. The van der Waals surface area contributed by atoms with Crippen molar-refractivity contribution in [3.63, 3.8) is 0 Å². The van der Waals surface area contributed by atoms with E-state index in [1.54, 1.807) is 41.0 Å². The van der Waals surface area contributed by atoms with Gasteiger partial charge in [0.1, 0.15) is 11.0 Å². The quantitative estimate of drug-likeness (QED) is 0.542. The van der Waals surface area contributed by atoms with Gasteiger partial charge in [0, 0.05) is 38.0 Å². The first-order valence-electron chi connectivity index (χ1n) is 9.10. The molecule has 0 aliphatic rings. The summed E-state index contributed by atoms with van der Waals surface area (Å²) in [7, 11) is -0.509. The molecule has 0 fully saturated rings. The zero-order chi connectivity index (χ0) is 21.2. The van der Waals surface area contributed by atoms with Gasteiger partial charge in [0.15, 0.2) is 5.65 Å². The molecule has 0 unspecified atom stereocenters. The van der Waals surface area contributed by atoms with E-state index in [0.29, 0.717) is 28.9 Å². The molecule has 0 radical (unpaired) electrons. The van der Waals surface area contributed by atoms with E-state index in [0.717, 1.165) is 5.56 Å². The topological polar surface area (TPSA) is 88.8 Å². The largest absolute Gasteiger partial charge is 0.383 e. The van der Waals surface area contributed by atoms with Gasteiger partial charge in [-0.05, 0) is 30.2 Å². The molecule has 2 aromatic heterocycles. The Balaban J connectivity index is 1.87. The van der Waals surface area contributed by atoms with Gasteiger partial charge < -0.3 is 10.1 Å². The zero-order valence-corrected chi connectivity index (χ0v) is 18.3. The van der Waals surface area contributed by atoms with Gasteiger partial charge in [0.25, 0.3) is 0 Å². The van der Waals surface area contributed by atoms with Gasteiger partial charge in [0.2, 0.25) is 10.0 Å². The zero-order valence-electron chi connectivity index (χ0n) is 16.8. The van der Waals surface area contributed by atoms with Crippen molar-refractivity contribution in [2.24, 2.45) is 0 Å². The number of methoxy groups -OCH3 is 1. The van der Waals surface area contributed by atoms with E-state index in [9.17, 15) is 8.42 Å². The number of nitrogens with zero attached hydrogens (tertiary/aromatic N) is 4. The summed E-state index contributed by atoms with van der Waals surface area (Å²) < 4.78 is 33.1. The van der Waals surface area contributed by atoms with Gasteiger partial charge in [-0.15, -0.1) is 0 Å². The molecule has 10 heteroatoms. The molecule has 0 spiro atoms. The fourth-order valence-electron chi connectivity index (χ4n) is 2.82. The number of rotatable bonds is 8. The Morgan fingerprint density at radius 1 is 1.28 bits per heavy atom. The number of hydrogen-bond acceptors (Lipinski definition) is 6. The Labute approximate surface area is 175 Å². The highest BCUT2D eigenvalue weighted by Crippen LogP contribution is 2.26. The average Bonchev–Trinajstić information content (AvgIpc) is 3.10. The summed E-state index contributed by atoms with van der Waals surface area (Å²) in [5, 5.41) is 7.98. The second-order valence-electron chi connectivity index (χ2n) is 6.92. The summed E-state index contributed by atoms with van der Waals surface area (Å²) in [6.07, 6.45) is 1.78. The van der Waals surface area contributed by atoms with Crippen LogP contribution in [-0.4, -0.2) is 54.6 Å². The molecule has 0 aliphatic carbocycles. The number of aromatic nitrogens is 3. The summed E-state index contributed by atoms with van der Waals surface area (Å²) in [6.45, 7) is 4.74. The van der Waals surface area contributed by atoms with Gasteiger partial charge in [-0.3, -0.25) is 0 Å². The van der Waals surface area contributed by atoms with Crippen LogP contribution in [0.4, 0.5) is 11.5 Å². The van der Waals surface area contributed by atoms with Crippen molar-refractivity contribution in [3.8, 4) is 0 Å². The third-order valence-corrected chi connectivity index (χ3v) is 6.60. The van der Waals surface area contributed by atoms with Gasteiger partial charge in [-0.25, -0.2) is 13.4 Å². The Morgan fingerprint density at radius 3 is 2.59 bits per heavy atom. The van der Waals surface area contributed by atoms with Crippen LogP contribution in [0.1, 0.15) is 25.3 Å². The molecule has 1 N–H and O–H groups in total. The van der Waals surface area contributed by atoms with Crippen molar-refractivity contribution >= 4 is 38.8 Å². The predicted molar refractivity (Wildman–Crippen MR) is 114 cm³/mol. The predicted octanol–water partition coefficient (Wildman–Crippen LogP) is 3.52. The first kappa shape index (κ1) is 21.5. The number of halogens is 1. The fourth-order valence-corrected chi connectivity index (χ4v) is 4.16. The van der Waals surface area contributed by atoms with Gasteiger partial charge >= 0.3 is 0 Å². The summed E-state index contributed by atoms with van der Waals surface area (Å²) in [5.41, 5.74) is 2.39. The highest BCUT2D eigenvalue weighted by Gasteiger charge is 2.20. The lowest BCUT2D eigenvalue weighted by Gasteiger charge is -2.17. The molecule has 156 valence electrons. The SMILES string of the molecule is COCCN(C)S(=O)(=O)c1ccc(Nc2cc(Cl)nc3c(C(C)C)cnn23)cc1. The summed E-state index contributed by atoms with van der Waals surface area (Å²) in [4.78, 5) is 4.59. The van der Waals surface area contributed by atoms with Crippen LogP contribution in [0.15, 0.2) is 41.4 Å². The molecule has 0 saturated carbocycles. The highest BCUT2D eigenvalue weighted by atomic mass is 35.5. The third kappa shape index (κ3) is 4.53. The minimum Gasteiger partial charge on any atom is -0.383 e. The Morgan fingerprint density at radius 2 is 1.97 bits per heavy atom. The molecular weight excluding hydrogens is 414 g/mol. The number of likely N-dealkylation sites (N-methyl/N-ethyl adjacent to an activating group) is 1. The first-order chi connectivity index (χ1) is 13.7. The van der Waals surface area contributed by atoms with E-state index in [2.05, 4.69) is 29.2 Å². The van der Waals surface area contributed by atoms with Crippen LogP contribution >= 0.6 is 11.6 Å². The number of benzene rings is 1. The number of sulfonamides is 1. The van der Waals surface area contributed by atoms with Crippen molar-refractivity contribution in [1.82, 2.24) is 18.9 Å². The molecular formula is C19H24ClN5O3S. The van der Waals surface area contributed by atoms with Crippen LogP contribution in [0, 0.1) is 0 Å². The van der Waals surface area contributed by atoms with E-state index in [1.165, 1.54) is 18.5 Å². The number of nitrogens with one attached hydrogen (secondary N) is 1. The number of ether oxygens (including phenoxy) is 1. The molecule has 3 aromatic rings. The highest BCUT2D eigenvalue weighted by molar-refractivity contribution is 7.89. The van der Waals surface area contributed by atoms with Crippen LogP contribution in [0.3, 0.4) is 0 Å². The van der Waals surface area contributed by atoms with Crippen LogP contribution in [0.5, 0.6) is 0 Å². The number of hydrogen-bond donors (Lipinski definition) is 1. The molecule has 0 bridgehead atoms.